The molecule has 0 saturated carbocycles. The molecule has 0 radical (unpaired) electrons. The van der Waals surface area contributed by atoms with Gasteiger partial charge in [-0.1, -0.05) is 25.5 Å². The lowest BCUT2D eigenvalue weighted by molar-refractivity contribution is 0.102. The second-order valence-electron chi connectivity index (χ2n) is 6.57. The molecular weight excluding hydrogens is 342 g/mol. The van der Waals surface area contributed by atoms with Gasteiger partial charge in [-0.2, -0.15) is 0 Å². The summed E-state index contributed by atoms with van der Waals surface area (Å²) < 4.78 is 5.43. The standard InChI is InChI=1S/C20H27N5O2/c1-3-4-9-21-20-22-15(2)14-17(24-20)19(26)23-16-7-5-6-8-18(16)25-10-12-27-13-11-25/h5-8,14H,3-4,9-13H2,1-2H3,(H,23,26)(H,21,22,24). The summed E-state index contributed by atoms with van der Waals surface area (Å²) in [5.41, 5.74) is 2.90. The second-order valence-corrected chi connectivity index (χ2v) is 6.57. The van der Waals surface area contributed by atoms with Crippen LogP contribution in [-0.2, 0) is 4.74 Å². The number of ether oxygens (including phenoxy) is 1. The maximum absolute atomic E-state index is 12.8. The van der Waals surface area contributed by atoms with E-state index in [9.17, 15) is 4.79 Å². The van der Waals surface area contributed by atoms with Crippen LogP contribution in [0.25, 0.3) is 0 Å². The van der Waals surface area contributed by atoms with Gasteiger partial charge in [-0.3, -0.25) is 4.79 Å². The van der Waals surface area contributed by atoms with E-state index in [1.807, 2.05) is 31.2 Å². The van der Waals surface area contributed by atoms with Crippen LogP contribution < -0.4 is 15.5 Å². The van der Waals surface area contributed by atoms with Gasteiger partial charge in [-0.05, 0) is 31.5 Å². The molecule has 0 bridgehead atoms. The molecule has 144 valence electrons. The lowest BCUT2D eigenvalue weighted by Gasteiger charge is -2.30. The van der Waals surface area contributed by atoms with Crippen molar-refractivity contribution in [2.45, 2.75) is 26.7 Å². The van der Waals surface area contributed by atoms with Gasteiger partial charge in [0.25, 0.3) is 5.91 Å². The van der Waals surface area contributed by atoms with Crippen LogP contribution in [0.2, 0.25) is 0 Å². The van der Waals surface area contributed by atoms with Gasteiger partial charge in [-0.15, -0.1) is 0 Å². The van der Waals surface area contributed by atoms with E-state index < -0.39 is 0 Å². The second kappa shape index (κ2) is 9.32. The number of amides is 1. The minimum absolute atomic E-state index is 0.236. The van der Waals surface area contributed by atoms with E-state index in [-0.39, 0.29) is 5.91 Å². The van der Waals surface area contributed by atoms with Gasteiger partial charge in [0.2, 0.25) is 5.95 Å². The lowest BCUT2D eigenvalue weighted by atomic mass is 10.2. The van der Waals surface area contributed by atoms with E-state index in [1.165, 1.54) is 0 Å². The minimum atomic E-state index is -0.236. The van der Waals surface area contributed by atoms with Gasteiger partial charge >= 0.3 is 0 Å². The minimum Gasteiger partial charge on any atom is -0.378 e. The van der Waals surface area contributed by atoms with Crippen LogP contribution in [-0.4, -0.2) is 48.7 Å². The molecule has 1 saturated heterocycles. The zero-order chi connectivity index (χ0) is 19.1. The van der Waals surface area contributed by atoms with Crippen LogP contribution in [0.4, 0.5) is 17.3 Å². The zero-order valence-electron chi connectivity index (χ0n) is 16.0. The van der Waals surface area contributed by atoms with Gasteiger partial charge < -0.3 is 20.3 Å². The highest BCUT2D eigenvalue weighted by Crippen LogP contribution is 2.26. The first kappa shape index (κ1) is 19.1. The number of carbonyl (C=O) groups excluding carboxylic acids is 1. The Morgan fingerprint density at radius 2 is 2.00 bits per heavy atom. The molecule has 1 amide bonds. The van der Waals surface area contributed by atoms with Crippen LogP contribution in [0.1, 0.15) is 35.9 Å². The largest absolute Gasteiger partial charge is 0.378 e. The molecule has 2 heterocycles. The SMILES string of the molecule is CCCCNc1nc(C)cc(C(=O)Nc2ccccc2N2CCOCC2)n1. The third-order valence-electron chi connectivity index (χ3n) is 4.40. The number of rotatable bonds is 7. The lowest BCUT2D eigenvalue weighted by Crippen LogP contribution is -2.36. The van der Waals surface area contributed by atoms with Crippen LogP contribution in [0.5, 0.6) is 0 Å². The van der Waals surface area contributed by atoms with Gasteiger partial charge in [0.1, 0.15) is 5.69 Å². The summed E-state index contributed by atoms with van der Waals surface area (Å²) in [6.07, 6.45) is 2.12. The fourth-order valence-corrected chi connectivity index (χ4v) is 2.99. The number of morpholine rings is 1. The Morgan fingerprint density at radius 3 is 2.78 bits per heavy atom. The molecule has 2 N–H and O–H groups in total. The number of carbonyl (C=O) groups is 1. The van der Waals surface area contributed by atoms with Crippen molar-refractivity contribution in [3.8, 4) is 0 Å². The van der Waals surface area contributed by atoms with Crippen LogP contribution >= 0.6 is 0 Å². The highest BCUT2D eigenvalue weighted by Gasteiger charge is 2.17. The third-order valence-corrected chi connectivity index (χ3v) is 4.40. The highest BCUT2D eigenvalue weighted by molar-refractivity contribution is 6.04. The van der Waals surface area contributed by atoms with Crippen molar-refractivity contribution in [3.05, 3.63) is 41.7 Å². The summed E-state index contributed by atoms with van der Waals surface area (Å²) >= 11 is 0. The van der Waals surface area contributed by atoms with Gasteiger partial charge in [-0.25, -0.2) is 9.97 Å². The highest BCUT2D eigenvalue weighted by atomic mass is 16.5. The predicted octanol–water partition coefficient (Wildman–Crippen LogP) is 3.09. The molecule has 1 aromatic carbocycles. The van der Waals surface area contributed by atoms with Crippen molar-refractivity contribution in [1.29, 1.82) is 0 Å². The number of nitrogens with zero attached hydrogens (tertiary/aromatic N) is 3. The van der Waals surface area contributed by atoms with Crippen molar-refractivity contribution >= 4 is 23.2 Å². The van der Waals surface area contributed by atoms with Gasteiger partial charge in [0.05, 0.1) is 24.6 Å². The van der Waals surface area contributed by atoms with E-state index in [2.05, 4.69) is 32.4 Å². The molecule has 1 aliphatic rings. The normalized spacial score (nSPS) is 14.1. The number of aryl methyl sites for hydroxylation is 1. The Kier molecular flexibility index (Phi) is 6.59. The Hall–Kier alpha value is -2.67. The zero-order valence-corrected chi connectivity index (χ0v) is 16.0. The average Bonchev–Trinajstić information content (AvgIpc) is 2.69. The Morgan fingerprint density at radius 1 is 1.22 bits per heavy atom. The van der Waals surface area contributed by atoms with Crippen molar-refractivity contribution in [3.63, 3.8) is 0 Å². The van der Waals surface area contributed by atoms with Crippen molar-refractivity contribution in [2.24, 2.45) is 0 Å². The number of nitrogens with one attached hydrogen (secondary N) is 2. The molecule has 0 unspecified atom stereocenters. The van der Waals surface area contributed by atoms with Crippen LogP contribution in [0.3, 0.4) is 0 Å². The number of benzene rings is 1. The average molecular weight is 369 g/mol. The van der Waals surface area contributed by atoms with Crippen molar-refractivity contribution < 1.29 is 9.53 Å². The van der Waals surface area contributed by atoms with Crippen LogP contribution in [0, 0.1) is 6.92 Å². The summed E-state index contributed by atoms with van der Waals surface area (Å²) in [7, 11) is 0. The molecule has 2 aromatic rings. The van der Waals surface area contributed by atoms with E-state index in [0.717, 1.165) is 49.5 Å². The molecule has 7 heteroatoms. The third kappa shape index (κ3) is 5.17. The fourth-order valence-electron chi connectivity index (χ4n) is 2.99. The first-order valence-corrected chi connectivity index (χ1v) is 9.50. The molecular formula is C20H27N5O2. The molecule has 0 aliphatic carbocycles. The number of para-hydroxylation sites is 2. The van der Waals surface area contributed by atoms with Crippen molar-refractivity contribution in [1.82, 2.24) is 9.97 Å². The summed E-state index contributed by atoms with van der Waals surface area (Å²) in [5.74, 6) is 0.259. The Balaban J connectivity index is 1.75. The first-order chi connectivity index (χ1) is 13.2. The maximum atomic E-state index is 12.8. The maximum Gasteiger partial charge on any atom is 0.274 e. The molecule has 7 nitrogen and oxygen atoms in total. The smallest absolute Gasteiger partial charge is 0.274 e. The van der Waals surface area contributed by atoms with E-state index in [0.29, 0.717) is 24.9 Å². The molecule has 1 fully saturated rings. The van der Waals surface area contributed by atoms with E-state index in [4.69, 9.17) is 4.74 Å². The monoisotopic (exact) mass is 369 g/mol. The number of unbranched alkanes of at least 4 members (excludes halogenated alkanes) is 1. The summed E-state index contributed by atoms with van der Waals surface area (Å²) in [6, 6.07) is 9.53. The Labute approximate surface area is 160 Å². The number of hydrogen-bond acceptors (Lipinski definition) is 6. The molecule has 1 aliphatic heterocycles. The fraction of sp³-hybridized carbons (Fsp3) is 0.450. The topological polar surface area (TPSA) is 79.4 Å². The Bertz CT molecular complexity index is 775. The molecule has 0 atom stereocenters. The number of anilines is 3. The molecule has 27 heavy (non-hydrogen) atoms. The van der Waals surface area contributed by atoms with Crippen LogP contribution in [0.15, 0.2) is 30.3 Å². The van der Waals surface area contributed by atoms with E-state index in [1.54, 1.807) is 6.07 Å². The van der Waals surface area contributed by atoms with Gasteiger partial charge in [0.15, 0.2) is 0 Å². The predicted molar refractivity (Wildman–Crippen MR) is 108 cm³/mol. The quantitative estimate of drug-likeness (QED) is 0.730. The van der Waals surface area contributed by atoms with Gasteiger partial charge in [0, 0.05) is 25.3 Å². The molecule has 3 rings (SSSR count). The number of hydrogen-bond donors (Lipinski definition) is 2. The molecule has 1 aromatic heterocycles. The summed E-state index contributed by atoms with van der Waals surface area (Å²) in [5, 5.41) is 6.19. The van der Waals surface area contributed by atoms with Crippen molar-refractivity contribution in [2.75, 3.05) is 48.4 Å². The van der Waals surface area contributed by atoms with E-state index >= 15 is 0 Å². The number of aromatic nitrogens is 2. The first-order valence-electron chi connectivity index (χ1n) is 9.50. The summed E-state index contributed by atoms with van der Waals surface area (Å²) in [4.78, 5) is 23.8. The summed E-state index contributed by atoms with van der Waals surface area (Å²) in [6.45, 7) is 7.80. The molecule has 0 spiro atoms.